The molecule has 3 aromatic rings. The number of nitrogens with zero attached hydrogens (tertiary/aromatic N) is 4. The lowest BCUT2D eigenvalue weighted by Gasteiger charge is -2.07. The average molecular weight is 291 g/mol. The summed E-state index contributed by atoms with van der Waals surface area (Å²) in [6.07, 6.45) is 3.16. The first-order valence-corrected chi connectivity index (χ1v) is 7.05. The highest BCUT2D eigenvalue weighted by atomic mass is 16.1. The van der Waals surface area contributed by atoms with E-state index in [0.717, 1.165) is 29.8 Å². The molecule has 0 unspecified atom stereocenters. The first-order chi connectivity index (χ1) is 10.8. The standard InChI is InChI=1S/C16H13N5O/c22-15(11-5-7-17-8-6-11)20-16-19-13-4-2-1-3-12(13)14-18-9-10-21(14)16/h1-8,18H,9-10H2. The summed E-state index contributed by atoms with van der Waals surface area (Å²) in [5.41, 5.74) is 1.76. The lowest BCUT2D eigenvalue weighted by molar-refractivity contribution is 0.0996. The Morgan fingerprint density at radius 3 is 2.86 bits per heavy atom. The number of benzene rings is 1. The van der Waals surface area contributed by atoms with Crippen LogP contribution < -0.4 is 10.9 Å². The van der Waals surface area contributed by atoms with Crippen molar-refractivity contribution in [2.75, 3.05) is 11.9 Å². The van der Waals surface area contributed by atoms with Gasteiger partial charge in [0.25, 0.3) is 5.91 Å². The van der Waals surface area contributed by atoms with Crippen molar-refractivity contribution in [3.05, 3.63) is 60.0 Å². The Morgan fingerprint density at radius 1 is 1.18 bits per heavy atom. The minimum atomic E-state index is -0.313. The molecule has 4 rings (SSSR count). The first-order valence-electron chi connectivity index (χ1n) is 7.05. The second-order valence-electron chi connectivity index (χ2n) is 5.01. The van der Waals surface area contributed by atoms with E-state index >= 15 is 0 Å². The van der Waals surface area contributed by atoms with E-state index in [1.165, 1.54) is 0 Å². The highest BCUT2D eigenvalue weighted by Gasteiger charge is 2.15. The maximum Gasteiger partial charge on any atom is 0.280 e. The number of anilines is 1. The van der Waals surface area contributed by atoms with Crippen molar-refractivity contribution in [3.8, 4) is 0 Å². The van der Waals surface area contributed by atoms with E-state index < -0.39 is 0 Å². The van der Waals surface area contributed by atoms with Crippen LogP contribution in [0.25, 0.3) is 10.9 Å². The van der Waals surface area contributed by atoms with Crippen LogP contribution in [0.1, 0.15) is 10.4 Å². The zero-order valence-corrected chi connectivity index (χ0v) is 11.7. The van der Waals surface area contributed by atoms with Crippen molar-refractivity contribution < 1.29 is 4.79 Å². The molecule has 3 heterocycles. The van der Waals surface area contributed by atoms with Gasteiger partial charge in [-0.3, -0.25) is 14.3 Å². The first kappa shape index (κ1) is 12.7. The fraction of sp³-hybridized carbons (Fsp3) is 0.125. The van der Waals surface area contributed by atoms with Gasteiger partial charge >= 0.3 is 0 Å². The van der Waals surface area contributed by atoms with Crippen molar-refractivity contribution in [1.82, 2.24) is 14.5 Å². The maximum atomic E-state index is 12.3. The fourth-order valence-electron chi connectivity index (χ4n) is 2.61. The molecule has 0 aliphatic carbocycles. The number of fused-ring (bicyclic) bond motifs is 3. The molecular formula is C16H13N5O. The van der Waals surface area contributed by atoms with Crippen LogP contribution in [-0.2, 0) is 6.54 Å². The molecule has 0 saturated carbocycles. The molecule has 0 spiro atoms. The van der Waals surface area contributed by atoms with Crippen LogP contribution in [0.4, 0.5) is 5.82 Å². The van der Waals surface area contributed by atoms with Crippen molar-refractivity contribution in [2.45, 2.75) is 6.54 Å². The number of pyridine rings is 1. The number of amides is 1. The van der Waals surface area contributed by atoms with Crippen LogP contribution >= 0.6 is 0 Å². The molecule has 1 aliphatic rings. The van der Waals surface area contributed by atoms with E-state index in [1.54, 1.807) is 24.5 Å². The van der Waals surface area contributed by atoms with E-state index in [1.807, 2.05) is 28.8 Å². The zero-order valence-electron chi connectivity index (χ0n) is 11.7. The molecule has 6 nitrogen and oxygen atoms in total. The lowest BCUT2D eigenvalue weighted by Crippen LogP contribution is -2.24. The predicted octanol–water partition coefficient (Wildman–Crippen LogP) is 1.60. The summed E-state index contributed by atoms with van der Waals surface area (Å²) in [6.45, 7) is 1.55. The summed E-state index contributed by atoms with van der Waals surface area (Å²) in [5, 5.41) is 4.38. The molecule has 6 heteroatoms. The maximum absolute atomic E-state index is 12.3. The van der Waals surface area contributed by atoms with Gasteiger partial charge in [-0.05, 0) is 24.3 Å². The van der Waals surface area contributed by atoms with E-state index in [4.69, 9.17) is 0 Å². The van der Waals surface area contributed by atoms with Crippen molar-refractivity contribution >= 4 is 22.6 Å². The zero-order chi connectivity index (χ0) is 14.9. The molecule has 0 radical (unpaired) electrons. The third-order valence-electron chi connectivity index (χ3n) is 3.65. The second kappa shape index (κ2) is 5.07. The van der Waals surface area contributed by atoms with Gasteiger partial charge < -0.3 is 5.32 Å². The van der Waals surface area contributed by atoms with E-state index in [9.17, 15) is 4.79 Å². The number of aromatic nitrogens is 3. The summed E-state index contributed by atoms with van der Waals surface area (Å²) >= 11 is 0. The van der Waals surface area contributed by atoms with Gasteiger partial charge in [0, 0.05) is 36.4 Å². The van der Waals surface area contributed by atoms with Crippen molar-refractivity contribution in [2.24, 2.45) is 4.99 Å². The summed E-state index contributed by atoms with van der Waals surface area (Å²) in [4.78, 5) is 24.9. The van der Waals surface area contributed by atoms with Gasteiger partial charge in [-0.15, -0.1) is 0 Å². The number of nitrogens with one attached hydrogen (secondary N) is 1. The Labute approximate surface area is 126 Å². The number of para-hydroxylation sites is 1. The van der Waals surface area contributed by atoms with Gasteiger partial charge in [-0.2, -0.15) is 4.99 Å². The number of hydrogen-bond donors (Lipinski definition) is 1. The molecule has 0 fully saturated rings. The SMILES string of the molecule is O=C(N=c1nc2ccccc2c2n1CCN2)c1ccncc1. The Kier molecular flexibility index (Phi) is 2.93. The Bertz CT molecular complexity index is 930. The topological polar surface area (TPSA) is 72.2 Å². The number of hydrogen-bond acceptors (Lipinski definition) is 4. The third kappa shape index (κ3) is 2.05. The minimum absolute atomic E-state index is 0.313. The molecule has 22 heavy (non-hydrogen) atoms. The number of rotatable bonds is 1. The smallest absolute Gasteiger partial charge is 0.280 e. The summed E-state index contributed by atoms with van der Waals surface area (Å²) in [7, 11) is 0. The Balaban J connectivity index is 1.92. The number of carbonyl (C=O) groups is 1. The highest BCUT2D eigenvalue weighted by molar-refractivity contribution is 5.95. The van der Waals surface area contributed by atoms with Gasteiger partial charge in [-0.1, -0.05) is 12.1 Å². The van der Waals surface area contributed by atoms with Gasteiger partial charge in [0.15, 0.2) is 0 Å². The molecule has 1 amide bonds. The largest absolute Gasteiger partial charge is 0.369 e. The molecule has 1 aliphatic heterocycles. The Morgan fingerprint density at radius 2 is 2.00 bits per heavy atom. The summed E-state index contributed by atoms with van der Waals surface area (Å²) in [6, 6.07) is 11.1. The third-order valence-corrected chi connectivity index (χ3v) is 3.65. The molecule has 0 saturated heterocycles. The molecule has 2 aromatic heterocycles. The quantitative estimate of drug-likeness (QED) is 0.739. The molecule has 0 atom stereocenters. The molecule has 1 N–H and O–H groups in total. The summed E-state index contributed by atoms with van der Waals surface area (Å²) < 4.78 is 1.95. The normalized spacial score (nSPS) is 13.9. The van der Waals surface area contributed by atoms with E-state index in [2.05, 4.69) is 20.3 Å². The molecule has 108 valence electrons. The minimum Gasteiger partial charge on any atom is -0.369 e. The molecular weight excluding hydrogens is 278 g/mol. The Hall–Kier alpha value is -3.02. The lowest BCUT2D eigenvalue weighted by atomic mass is 10.2. The van der Waals surface area contributed by atoms with Gasteiger partial charge in [-0.25, -0.2) is 4.98 Å². The van der Waals surface area contributed by atoms with Crippen LogP contribution in [0.3, 0.4) is 0 Å². The van der Waals surface area contributed by atoms with Gasteiger partial charge in [0.2, 0.25) is 5.62 Å². The molecule has 1 aromatic carbocycles. The van der Waals surface area contributed by atoms with Crippen molar-refractivity contribution in [1.29, 1.82) is 0 Å². The number of carbonyl (C=O) groups excluding carboxylic acids is 1. The van der Waals surface area contributed by atoms with Crippen LogP contribution in [0.15, 0.2) is 53.8 Å². The highest BCUT2D eigenvalue weighted by Crippen LogP contribution is 2.22. The molecule has 0 bridgehead atoms. The van der Waals surface area contributed by atoms with Crippen molar-refractivity contribution in [3.63, 3.8) is 0 Å². The fourth-order valence-corrected chi connectivity index (χ4v) is 2.61. The van der Waals surface area contributed by atoms with Crippen LogP contribution in [-0.4, -0.2) is 27.0 Å². The van der Waals surface area contributed by atoms with Crippen LogP contribution in [0.5, 0.6) is 0 Å². The average Bonchev–Trinajstić information content (AvgIpc) is 3.06. The van der Waals surface area contributed by atoms with E-state index in [-0.39, 0.29) is 5.91 Å². The van der Waals surface area contributed by atoms with Crippen LogP contribution in [0.2, 0.25) is 0 Å². The monoisotopic (exact) mass is 291 g/mol. The van der Waals surface area contributed by atoms with Crippen LogP contribution in [0, 0.1) is 0 Å². The second-order valence-corrected chi connectivity index (χ2v) is 5.01. The summed E-state index contributed by atoms with van der Waals surface area (Å²) in [5.74, 6) is 0.652. The predicted molar refractivity (Wildman–Crippen MR) is 82.4 cm³/mol. The van der Waals surface area contributed by atoms with Gasteiger partial charge in [0.05, 0.1) is 5.52 Å². The van der Waals surface area contributed by atoms with E-state index in [0.29, 0.717) is 11.2 Å². The van der Waals surface area contributed by atoms with Gasteiger partial charge in [0.1, 0.15) is 5.82 Å².